The van der Waals surface area contributed by atoms with Gasteiger partial charge in [-0.05, 0) is 23.8 Å². The van der Waals surface area contributed by atoms with Crippen LogP contribution in [0.15, 0.2) is 30.3 Å². The summed E-state index contributed by atoms with van der Waals surface area (Å²) in [7, 11) is 0. The second-order valence-electron chi connectivity index (χ2n) is 4.82. The normalized spacial score (nSPS) is 12.5. The van der Waals surface area contributed by atoms with E-state index >= 15 is 0 Å². The number of ketones is 1. The summed E-state index contributed by atoms with van der Waals surface area (Å²) in [5.74, 6) is -0.713. The first-order valence-corrected chi connectivity index (χ1v) is 7.06. The molecule has 4 nitrogen and oxygen atoms in total. The third-order valence-electron chi connectivity index (χ3n) is 3.73. The van der Waals surface area contributed by atoms with E-state index in [9.17, 15) is 19.8 Å². The van der Waals surface area contributed by atoms with E-state index in [2.05, 4.69) is 0 Å². The van der Waals surface area contributed by atoms with E-state index in [4.69, 9.17) is 0 Å². The van der Waals surface area contributed by atoms with Crippen LogP contribution in [-0.2, 0) is 0 Å². The van der Waals surface area contributed by atoms with E-state index in [1.165, 1.54) is 23.5 Å². The average molecular weight is 296 g/mol. The van der Waals surface area contributed by atoms with Gasteiger partial charge in [-0.15, -0.1) is 11.3 Å². The number of carbonyl (C=O) groups is 2. The molecule has 0 unspecified atom stereocenters. The second kappa shape index (κ2) is 3.93. The Bertz CT molecular complexity index is 953. The summed E-state index contributed by atoms with van der Waals surface area (Å²) < 4.78 is 0.766. The van der Waals surface area contributed by atoms with Crippen molar-refractivity contribution in [3.63, 3.8) is 0 Å². The quantitative estimate of drug-likeness (QED) is 0.528. The van der Waals surface area contributed by atoms with Crippen molar-refractivity contribution in [2.45, 2.75) is 0 Å². The highest BCUT2D eigenvalue weighted by Crippen LogP contribution is 2.49. The van der Waals surface area contributed by atoms with Crippen LogP contribution in [0.1, 0.15) is 25.6 Å². The molecule has 0 atom stereocenters. The number of hydrogen-bond acceptors (Lipinski definition) is 5. The van der Waals surface area contributed by atoms with Gasteiger partial charge in [0.15, 0.2) is 6.29 Å². The Labute approximate surface area is 122 Å². The van der Waals surface area contributed by atoms with Crippen molar-refractivity contribution in [1.29, 1.82) is 0 Å². The van der Waals surface area contributed by atoms with E-state index in [1.54, 1.807) is 18.2 Å². The third-order valence-corrected chi connectivity index (χ3v) is 4.81. The molecule has 0 aliphatic heterocycles. The van der Waals surface area contributed by atoms with Crippen molar-refractivity contribution in [3.8, 4) is 22.6 Å². The Hall–Kier alpha value is -2.66. The molecule has 1 aliphatic rings. The van der Waals surface area contributed by atoms with E-state index in [-0.39, 0.29) is 22.6 Å². The van der Waals surface area contributed by atoms with Crippen molar-refractivity contribution in [2.24, 2.45) is 0 Å². The van der Waals surface area contributed by atoms with Crippen LogP contribution < -0.4 is 0 Å². The van der Waals surface area contributed by atoms with E-state index in [1.807, 2.05) is 0 Å². The monoisotopic (exact) mass is 296 g/mol. The van der Waals surface area contributed by atoms with Gasteiger partial charge in [0.25, 0.3) is 0 Å². The van der Waals surface area contributed by atoms with Crippen molar-refractivity contribution >= 4 is 33.5 Å². The third kappa shape index (κ3) is 1.38. The van der Waals surface area contributed by atoms with Gasteiger partial charge in [0.2, 0.25) is 5.78 Å². The first-order valence-electron chi connectivity index (χ1n) is 6.24. The fourth-order valence-corrected chi connectivity index (χ4v) is 3.93. The predicted octanol–water partition coefficient (Wildman–Crippen LogP) is 3.34. The van der Waals surface area contributed by atoms with Gasteiger partial charge in [-0.1, -0.05) is 12.1 Å². The first-order chi connectivity index (χ1) is 10.1. The number of hydrogen-bond donors (Lipinski definition) is 2. The number of carbonyl (C=O) groups excluding carboxylic acids is 2. The molecule has 5 heteroatoms. The highest BCUT2D eigenvalue weighted by atomic mass is 32.1. The van der Waals surface area contributed by atoms with E-state index in [0.29, 0.717) is 21.4 Å². The summed E-state index contributed by atoms with van der Waals surface area (Å²) in [5.41, 5.74) is 1.43. The molecule has 1 heterocycles. The molecular formula is C16H8O4S. The highest BCUT2D eigenvalue weighted by Gasteiger charge is 2.32. The number of fused-ring (bicyclic) bond motifs is 2. The largest absolute Gasteiger partial charge is 0.507 e. The van der Waals surface area contributed by atoms with E-state index < -0.39 is 5.78 Å². The number of phenolic OH excluding ortho intramolecular Hbond substituents is 2. The van der Waals surface area contributed by atoms with Crippen LogP contribution in [-0.4, -0.2) is 22.3 Å². The molecule has 0 amide bonds. The Morgan fingerprint density at radius 1 is 0.952 bits per heavy atom. The van der Waals surface area contributed by atoms with Crippen LogP contribution in [0.25, 0.3) is 21.2 Å². The molecule has 0 spiro atoms. The van der Waals surface area contributed by atoms with Crippen molar-refractivity contribution in [1.82, 2.24) is 0 Å². The molecule has 0 saturated heterocycles. The Balaban J connectivity index is 2.31. The number of benzene rings is 2. The smallest absolute Gasteiger partial charge is 0.201 e. The van der Waals surface area contributed by atoms with Crippen molar-refractivity contribution < 1.29 is 19.8 Å². The fraction of sp³-hybridized carbons (Fsp3) is 0. The summed E-state index contributed by atoms with van der Waals surface area (Å²) in [5, 5.41) is 20.7. The zero-order valence-corrected chi connectivity index (χ0v) is 11.4. The zero-order valence-electron chi connectivity index (χ0n) is 10.6. The Kier molecular flexibility index (Phi) is 2.26. The summed E-state index contributed by atoms with van der Waals surface area (Å²) in [4.78, 5) is 24.5. The number of aromatic hydroxyl groups is 2. The minimum absolute atomic E-state index is 0.134. The highest BCUT2D eigenvalue weighted by molar-refractivity contribution is 7.21. The Morgan fingerprint density at radius 3 is 2.48 bits per heavy atom. The van der Waals surface area contributed by atoms with Crippen LogP contribution in [0.3, 0.4) is 0 Å². The summed E-state index contributed by atoms with van der Waals surface area (Å²) in [6.07, 6.45) is 0.741. The standard InChI is InChI=1S/C16H8O4S/c17-6-11-13-7-2-1-3-8(18)12(7)16(20)14-9(19)4-5-10(21-11)15(13)14/h1-6,18-19H. The molecule has 0 radical (unpaired) electrons. The molecule has 2 N–H and O–H groups in total. The van der Waals surface area contributed by atoms with Gasteiger partial charge >= 0.3 is 0 Å². The molecule has 1 aliphatic carbocycles. The molecule has 2 aromatic carbocycles. The van der Waals surface area contributed by atoms with Crippen LogP contribution in [0.5, 0.6) is 11.5 Å². The summed E-state index contributed by atoms with van der Waals surface area (Å²) in [6, 6.07) is 7.89. The zero-order chi connectivity index (χ0) is 14.7. The number of rotatable bonds is 1. The maximum absolute atomic E-state index is 12.6. The first kappa shape index (κ1) is 12.1. The van der Waals surface area contributed by atoms with Gasteiger partial charge in [0.1, 0.15) is 11.5 Å². The van der Waals surface area contributed by atoms with Crippen molar-refractivity contribution in [3.05, 3.63) is 46.3 Å². The maximum atomic E-state index is 12.6. The maximum Gasteiger partial charge on any atom is 0.201 e. The molecule has 21 heavy (non-hydrogen) atoms. The fourth-order valence-electron chi connectivity index (χ4n) is 2.89. The predicted molar refractivity (Wildman–Crippen MR) is 79.4 cm³/mol. The lowest BCUT2D eigenvalue weighted by Crippen LogP contribution is -2.10. The second-order valence-corrected chi connectivity index (χ2v) is 5.90. The van der Waals surface area contributed by atoms with Crippen LogP contribution >= 0.6 is 11.3 Å². The molecule has 0 saturated carbocycles. The summed E-state index contributed by atoms with van der Waals surface area (Å²) in [6.45, 7) is 0. The molecule has 0 fully saturated rings. The lowest BCUT2D eigenvalue weighted by molar-refractivity contribution is 0.103. The topological polar surface area (TPSA) is 74.6 Å². The number of aldehydes is 1. The van der Waals surface area contributed by atoms with Crippen LogP contribution in [0, 0.1) is 0 Å². The molecule has 3 aromatic rings. The number of phenols is 2. The minimum Gasteiger partial charge on any atom is -0.507 e. The van der Waals surface area contributed by atoms with Crippen molar-refractivity contribution in [2.75, 3.05) is 0 Å². The van der Waals surface area contributed by atoms with Gasteiger partial charge in [0, 0.05) is 15.6 Å². The van der Waals surface area contributed by atoms with Crippen LogP contribution in [0.4, 0.5) is 0 Å². The molecule has 1 aromatic heterocycles. The number of thiophene rings is 1. The van der Waals surface area contributed by atoms with Gasteiger partial charge in [-0.3, -0.25) is 9.59 Å². The lowest BCUT2D eigenvalue weighted by Gasteiger charge is -2.18. The SMILES string of the molecule is O=Cc1sc2ccc(O)c3c2c1-c1cccc(O)c1C3=O. The lowest BCUT2D eigenvalue weighted by atomic mass is 9.84. The molecule has 102 valence electrons. The molecular weight excluding hydrogens is 288 g/mol. The van der Waals surface area contributed by atoms with Gasteiger partial charge in [-0.2, -0.15) is 0 Å². The minimum atomic E-state index is -0.422. The summed E-state index contributed by atoms with van der Waals surface area (Å²) >= 11 is 1.27. The Morgan fingerprint density at radius 2 is 1.71 bits per heavy atom. The molecule has 0 bridgehead atoms. The van der Waals surface area contributed by atoms with Gasteiger partial charge < -0.3 is 10.2 Å². The molecule has 4 rings (SSSR count). The van der Waals surface area contributed by atoms with Gasteiger partial charge in [0.05, 0.1) is 16.0 Å². The average Bonchev–Trinajstić information content (AvgIpc) is 2.84. The van der Waals surface area contributed by atoms with Crippen LogP contribution in [0.2, 0.25) is 0 Å². The van der Waals surface area contributed by atoms with E-state index in [0.717, 1.165) is 11.0 Å². The van der Waals surface area contributed by atoms with Gasteiger partial charge in [-0.25, -0.2) is 0 Å².